The molecule has 4 nitrogen and oxygen atoms in total. The highest BCUT2D eigenvalue weighted by Crippen LogP contribution is 2.35. The van der Waals surface area contributed by atoms with Crippen LogP contribution in [0.3, 0.4) is 0 Å². The Morgan fingerprint density at radius 2 is 2.19 bits per heavy atom. The van der Waals surface area contributed by atoms with Gasteiger partial charge in [0.15, 0.2) is 0 Å². The van der Waals surface area contributed by atoms with Crippen molar-refractivity contribution < 1.29 is 5.11 Å². The SMILES string of the molecule is CCCCC(O)(CN1C=NC=NC1)c1ccc(Cl)cc1Cl. The van der Waals surface area contributed by atoms with E-state index in [-0.39, 0.29) is 0 Å². The van der Waals surface area contributed by atoms with E-state index in [9.17, 15) is 5.11 Å². The van der Waals surface area contributed by atoms with Crippen LogP contribution in [0.25, 0.3) is 0 Å². The lowest BCUT2D eigenvalue weighted by Crippen LogP contribution is -2.41. The normalized spacial score (nSPS) is 17.0. The second kappa shape index (κ2) is 7.25. The van der Waals surface area contributed by atoms with Gasteiger partial charge in [-0.25, -0.2) is 4.99 Å². The quantitative estimate of drug-likeness (QED) is 0.865. The molecule has 0 spiro atoms. The first-order valence-corrected chi connectivity index (χ1v) is 7.74. The molecule has 1 unspecified atom stereocenters. The third-order valence-corrected chi connectivity index (χ3v) is 4.03. The molecule has 1 aliphatic heterocycles. The molecule has 0 aromatic heterocycles. The van der Waals surface area contributed by atoms with Gasteiger partial charge in [0, 0.05) is 15.6 Å². The Kier molecular flexibility index (Phi) is 5.62. The molecular formula is C15H19Cl2N3O. The molecule has 1 heterocycles. The van der Waals surface area contributed by atoms with Crippen molar-refractivity contribution in [1.82, 2.24) is 4.90 Å². The van der Waals surface area contributed by atoms with E-state index in [0.717, 1.165) is 12.8 Å². The maximum absolute atomic E-state index is 11.2. The molecular weight excluding hydrogens is 309 g/mol. The molecule has 0 aliphatic carbocycles. The van der Waals surface area contributed by atoms with Crippen molar-refractivity contribution in [2.45, 2.75) is 31.8 Å². The molecule has 1 N–H and O–H groups in total. The molecule has 0 saturated heterocycles. The van der Waals surface area contributed by atoms with Gasteiger partial charge in [0.1, 0.15) is 18.6 Å². The van der Waals surface area contributed by atoms with E-state index in [1.807, 2.05) is 4.90 Å². The van der Waals surface area contributed by atoms with Crippen molar-refractivity contribution >= 4 is 35.9 Å². The Morgan fingerprint density at radius 1 is 1.38 bits per heavy atom. The number of benzene rings is 1. The molecule has 1 aliphatic rings. The topological polar surface area (TPSA) is 48.2 Å². The summed E-state index contributed by atoms with van der Waals surface area (Å²) in [5.41, 5.74) is -0.346. The van der Waals surface area contributed by atoms with Crippen LogP contribution in [0.4, 0.5) is 0 Å². The van der Waals surface area contributed by atoms with Crippen molar-refractivity contribution in [3.8, 4) is 0 Å². The molecule has 114 valence electrons. The Balaban J connectivity index is 2.26. The van der Waals surface area contributed by atoms with E-state index in [1.165, 1.54) is 6.34 Å². The molecule has 6 heteroatoms. The summed E-state index contributed by atoms with van der Waals surface area (Å²) in [5, 5.41) is 12.2. The van der Waals surface area contributed by atoms with Gasteiger partial charge in [-0.2, -0.15) is 0 Å². The van der Waals surface area contributed by atoms with Crippen molar-refractivity contribution in [2.75, 3.05) is 13.2 Å². The van der Waals surface area contributed by atoms with Crippen LogP contribution in [0.15, 0.2) is 28.2 Å². The van der Waals surface area contributed by atoms with Crippen LogP contribution in [0, 0.1) is 0 Å². The standard InChI is InChI=1S/C15H19Cl2N3O/c1-2-3-6-15(21,8-20-10-18-9-19-11-20)13-5-4-12(16)7-14(13)17/h4-5,7,9-10,21H,2-3,6,8,11H2,1H3. The molecule has 2 rings (SSSR count). The summed E-state index contributed by atoms with van der Waals surface area (Å²) in [6, 6.07) is 5.21. The van der Waals surface area contributed by atoms with Crippen molar-refractivity contribution in [1.29, 1.82) is 0 Å². The maximum Gasteiger partial charge on any atom is 0.113 e. The summed E-state index contributed by atoms with van der Waals surface area (Å²) >= 11 is 12.2. The number of halogens is 2. The Morgan fingerprint density at radius 3 is 2.81 bits per heavy atom. The Hall–Kier alpha value is -1.10. The number of aliphatic hydroxyl groups is 1. The third-order valence-electron chi connectivity index (χ3n) is 3.48. The average Bonchev–Trinajstić information content (AvgIpc) is 2.46. The predicted molar refractivity (Wildman–Crippen MR) is 88.4 cm³/mol. The lowest BCUT2D eigenvalue weighted by molar-refractivity contribution is 0.00654. The zero-order valence-corrected chi connectivity index (χ0v) is 13.5. The summed E-state index contributed by atoms with van der Waals surface area (Å²) in [6.45, 7) is 2.98. The Labute approximate surface area is 135 Å². The van der Waals surface area contributed by atoms with Crippen LogP contribution in [-0.4, -0.2) is 35.9 Å². The minimum absolute atomic E-state index is 0.398. The lowest BCUT2D eigenvalue weighted by Gasteiger charge is -2.34. The van der Waals surface area contributed by atoms with Gasteiger partial charge in [-0.05, 0) is 18.6 Å². The molecule has 1 atom stereocenters. The number of β-amino-alcohol motifs (C(OH)–C–C–N with tert-alkyl or cyclic N) is 1. The fourth-order valence-corrected chi connectivity index (χ4v) is 3.00. The van der Waals surface area contributed by atoms with E-state index in [4.69, 9.17) is 23.2 Å². The molecule has 21 heavy (non-hydrogen) atoms. The Bertz CT molecular complexity index is 548. The molecule has 0 amide bonds. The first kappa shape index (κ1) is 16.3. The second-order valence-electron chi connectivity index (χ2n) is 5.21. The fourth-order valence-electron chi connectivity index (χ4n) is 2.41. The summed E-state index contributed by atoms with van der Waals surface area (Å²) in [7, 11) is 0. The van der Waals surface area contributed by atoms with Gasteiger partial charge in [-0.1, -0.05) is 49.0 Å². The van der Waals surface area contributed by atoms with Gasteiger partial charge >= 0.3 is 0 Å². The van der Waals surface area contributed by atoms with Crippen LogP contribution in [0.5, 0.6) is 0 Å². The van der Waals surface area contributed by atoms with Gasteiger partial charge in [0.2, 0.25) is 0 Å². The van der Waals surface area contributed by atoms with Crippen molar-refractivity contribution in [3.63, 3.8) is 0 Å². The molecule has 0 bridgehead atoms. The zero-order valence-electron chi connectivity index (χ0n) is 12.0. The predicted octanol–water partition coefficient (Wildman–Crippen LogP) is 3.70. The third kappa shape index (κ3) is 4.19. The van der Waals surface area contributed by atoms with E-state index in [1.54, 1.807) is 24.5 Å². The van der Waals surface area contributed by atoms with Gasteiger partial charge in [0.05, 0.1) is 12.9 Å². The minimum atomic E-state index is -1.05. The van der Waals surface area contributed by atoms with Crippen LogP contribution in [0.2, 0.25) is 10.0 Å². The first-order chi connectivity index (χ1) is 10.0. The van der Waals surface area contributed by atoms with E-state index < -0.39 is 5.60 Å². The number of hydrogen-bond acceptors (Lipinski definition) is 4. The van der Waals surface area contributed by atoms with Crippen molar-refractivity contribution in [3.05, 3.63) is 33.8 Å². The number of unbranched alkanes of at least 4 members (excludes halogenated alkanes) is 1. The highest BCUT2D eigenvalue weighted by molar-refractivity contribution is 6.35. The van der Waals surface area contributed by atoms with E-state index in [0.29, 0.717) is 35.2 Å². The van der Waals surface area contributed by atoms with Crippen LogP contribution in [-0.2, 0) is 5.60 Å². The number of aliphatic imine (C=N–C) groups is 2. The molecule has 0 fully saturated rings. The highest BCUT2D eigenvalue weighted by Gasteiger charge is 2.33. The molecule has 1 aromatic carbocycles. The average molecular weight is 328 g/mol. The monoisotopic (exact) mass is 327 g/mol. The first-order valence-electron chi connectivity index (χ1n) is 6.99. The molecule has 0 radical (unpaired) electrons. The van der Waals surface area contributed by atoms with Gasteiger partial charge in [0.25, 0.3) is 0 Å². The zero-order chi connectivity index (χ0) is 15.3. The molecule has 0 saturated carbocycles. The minimum Gasteiger partial charge on any atom is -0.383 e. The van der Waals surface area contributed by atoms with Crippen LogP contribution < -0.4 is 0 Å². The van der Waals surface area contributed by atoms with Gasteiger partial charge < -0.3 is 10.0 Å². The van der Waals surface area contributed by atoms with E-state index >= 15 is 0 Å². The van der Waals surface area contributed by atoms with E-state index in [2.05, 4.69) is 16.9 Å². The highest BCUT2D eigenvalue weighted by atomic mass is 35.5. The summed E-state index contributed by atoms with van der Waals surface area (Å²) < 4.78 is 0. The van der Waals surface area contributed by atoms with Gasteiger partial charge in [-0.15, -0.1) is 0 Å². The lowest BCUT2D eigenvalue weighted by atomic mass is 9.88. The number of nitrogens with zero attached hydrogens (tertiary/aromatic N) is 3. The summed E-state index contributed by atoms with van der Waals surface area (Å²) in [6.07, 6.45) is 5.73. The number of hydrogen-bond donors (Lipinski definition) is 1. The maximum atomic E-state index is 11.2. The summed E-state index contributed by atoms with van der Waals surface area (Å²) in [4.78, 5) is 9.96. The summed E-state index contributed by atoms with van der Waals surface area (Å²) in [5.74, 6) is 0. The largest absolute Gasteiger partial charge is 0.383 e. The van der Waals surface area contributed by atoms with Crippen LogP contribution in [0.1, 0.15) is 31.7 Å². The van der Waals surface area contributed by atoms with Crippen molar-refractivity contribution in [2.24, 2.45) is 9.98 Å². The van der Waals surface area contributed by atoms with Gasteiger partial charge in [-0.3, -0.25) is 4.99 Å². The fraction of sp³-hybridized carbons (Fsp3) is 0.467. The van der Waals surface area contributed by atoms with Crippen LogP contribution >= 0.6 is 23.2 Å². The molecule has 1 aromatic rings. The number of rotatable bonds is 6. The smallest absolute Gasteiger partial charge is 0.113 e. The second-order valence-corrected chi connectivity index (χ2v) is 6.05.